The molecule has 2 rings (SSSR count). The van der Waals surface area contributed by atoms with Crippen molar-refractivity contribution in [3.05, 3.63) is 35.4 Å². The molecule has 1 aliphatic rings. The van der Waals surface area contributed by atoms with Crippen LogP contribution in [0.1, 0.15) is 23.5 Å². The summed E-state index contributed by atoms with van der Waals surface area (Å²) in [6.45, 7) is 1.59. The average Bonchev–Trinajstić information content (AvgIpc) is 2.83. The van der Waals surface area contributed by atoms with Crippen LogP contribution >= 0.6 is 0 Å². The predicted octanol–water partition coefficient (Wildman–Crippen LogP) is 2.78. The van der Waals surface area contributed by atoms with E-state index in [0.717, 1.165) is 12.5 Å². The standard InChI is InChI=1S/C13H16F3NO/c14-13(15,16)11-3-1-2-9(6-11)12(7-17)10-4-5-18-8-10/h1-3,6,10,12H,4-5,7-8,17H2. The molecule has 100 valence electrons. The third-order valence-corrected chi connectivity index (χ3v) is 3.43. The first-order chi connectivity index (χ1) is 8.52. The van der Waals surface area contributed by atoms with Crippen molar-refractivity contribution in [3.8, 4) is 0 Å². The lowest BCUT2D eigenvalue weighted by Gasteiger charge is -2.22. The van der Waals surface area contributed by atoms with Crippen molar-refractivity contribution < 1.29 is 17.9 Å². The van der Waals surface area contributed by atoms with Gasteiger partial charge in [-0.05, 0) is 30.5 Å². The SMILES string of the molecule is NCC(c1cccc(C(F)(F)F)c1)C1CCOC1. The number of nitrogens with two attached hydrogens (primary N) is 1. The molecule has 0 saturated carbocycles. The fraction of sp³-hybridized carbons (Fsp3) is 0.538. The highest BCUT2D eigenvalue weighted by atomic mass is 19.4. The Kier molecular flexibility index (Phi) is 3.92. The molecule has 2 unspecified atom stereocenters. The maximum Gasteiger partial charge on any atom is 0.416 e. The number of hydrogen-bond donors (Lipinski definition) is 1. The lowest BCUT2D eigenvalue weighted by molar-refractivity contribution is -0.137. The van der Waals surface area contributed by atoms with Crippen LogP contribution in [-0.2, 0) is 10.9 Å². The molecule has 2 nitrogen and oxygen atoms in total. The molecule has 0 bridgehead atoms. The molecule has 1 aromatic carbocycles. The second-order valence-electron chi connectivity index (χ2n) is 4.59. The Bertz CT molecular complexity index is 399. The van der Waals surface area contributed by atoms with Crippen molar-refractivity contribution >= 4 is 0 Å². The normalized spacial score (nSPS) is 22.1. The molecule has 2 atom stereocenters. The van der Waals surface area contributed by atoms with E-state index in [4.69, 9.17) is 10.5 Å². The Morgan fingerprint density at radius 3 is 2.72 bits per heavy atom. The van der Waals surface area contributed by atoms with E-state index in [-0.39, 0.29) is 11.8 Å². The highest BCUT2D eigenvalue weighted by Gasteiger charge is 2.32. The molecule has 0 aliphatic carbocycles. The second-order valence-corrected chi connectivity index (χ2v) is 4.59. The van der Waals surface area contributed by atoms with Gasteiger partial charge in [-0.25, -0.2) is 0 Å². The summed E-state index contributed by atoms with van der Waals surface area (Å²) < 4.78 is 43.3. The molecule has 5 heteroatoms. The zero-order valence-corrected chi connectivity index (χ0v) is 9.91. The molecule has 2 N–H and O–H groups in total. The zero-order chi connectivity index (χ0) is 13.2. The van der Waals surface area contributed by atoms with Gasteiger partial charge >= 0.3 is 6.18 Å². The van der Waals surface area contributed by atoms with Gasteiger partial charge in [0.1, 0.15) is 0 Å². The minimum absolute atomic E-state index is 0.0604. The summed E-state index contributed by atoms with van der Waals surface area (Å²) in [4.78, 5) is 0. The third-order valence-electron chi connectivity index (χ3n) is 3.43. The Morgan fingerprint density at radius 2 is 2.17 bits per heavy atom. The van der Waals surface area contributed by atoms with Gasteiger partial charge in [-0.1, -0.05) is 18.2 Å². The highest BCUT2D eigenvalue weighted by molar-refractivity contribution is 5.29. The van der Waals surface area contributed by atoms with E-state index in [9.17, 15) is 13.2 Å². The van der Waals surface area contributed by atoms with E-state index in [1.54, 1.807) is 6.07 Å². The molecule has 0 spiro atoms. The van der Waals surface area contributed by atoms with Crippen LogP contribution in [-0.4, -0.2) is 19.8 Å². The van der Waals surface area contributed by atoms with E-state index in [0.29, 0.717) is 25.3 Å². The first kappa shape index (κ1) is 13.4. The molecule has 1 saturated heterocycles. The summed E-state index contributed by atoms with van der Waals surface area (Å²) in [6, 6.07) is 5.44. The van der Waals surface area contributed by atoms with Crippen LogP contribution in [0.4, 0.5) is 13.2 Å². The summed E-state index contributed by atoms with van der Waals surface area (Å²) in [6.07, 6.45) is -3.44. The Morgan fingerprint density at radius 1 is 1.39 bits per heavy atom. The number of rotatable bonds is 3. The number of hydrogen-bond acceptors (Lipinski definition) is 2. The molecule has 18 heavy (non-hydrogen) atoms. The maximum atomic E-state index is 12.7. The van der Waals surface area contributed by atoms with Crippen molar-refractivity contribution in [2.45, 2.75) is 18.5 Å². The van der Waals surface area contributed by atoms with Crippen molar-refractivity contribution in [2.75, 3.05) is 19.8 Å². The quantitative estimate of drug-likeness (QED) is 0.906. The van der Waals surface area contributed by atoms with Crippen LogP contribution in [0.5, 0.6) is 0 Å². The van der Waals surface area contributed by atoms with Crippen molar-refractivity contribution in [2.24, 2.45) is 11.7 Å². The van der Waals surface area contributed by atoms with Gasteiger partial charge in [0, 0.05) is 12.5 Å². The number of alkyl halides is 3. The lowest BCUT2D eigenvalue weighted by Crippen LogP contribution is -2.22. The first-order valence-electron chi connectivity index (χ1n) is 5.97. The molecular formula is C13H16F3NO. The van der Waals surface area contributed by atoms with E-state index in [1.165, 1.54) is 12.1 Å². The summed E-state index contributed by atoms with van der Waals surface area (Å²) in [5.74, 6) is 0.160. The largest absolute Gasteiger partial charge is 0.416 e. The van der Waals surface area contributed by atoms with Crippen LogP contribution in [0, 0.1) is 5.92 Å². The van der Waals surface area contributed by atoms with Crippen molar-refractivity contribution in [1.29, 1.82) is 0 Å². The van der Waals surface area contributed by atoms with Crippen LogP contribution in [0.2, 0.25) is 0 Å². The molecule has 1 heterocycles. The van der Waals surface area contributed by atoms with E-state index in [2.05, 4.69) is 0 Å². The molecule has 1 aliphatic heterocycles. The van der Waals surface area contributed by atoms with E-state index >= 15 is 0 Å². The van der Waals surface area contributed by atoms with Gasteiger partial charge in [0.15, 0.2) is 0 Å². The number of ether oxygens (including phenoxy) is 1. The van der Waals surface area contributed by atoms with Gasteiger partial charge in [0.25, 0.3) is 0 Å². The monoisotopic (exact) mass is 259 g/mol. The first-order valence-corrected chi connectivity index (χ1v) is 5.97. The van der Waals surface area contributed by atoms with Gasteiger partial charge in [-0.2, -0.15) is 13.2 Å². The molecule has 0 amide bonds. The van der Waals surface area contributed by atoms with Crippen molar-refractivity contribution in [1.82, 2.24) is 0 Å². The second kappa shape index (κ2) is 5.28. The third kappa shape index (κ3) is 2.84. The Labute approximate surface area is 104 Å². The molecule has 1 fully saturated rings. The summed E-state index contributed by atoms with van der Waals surface area (Å²) in [7, 11) is 0. The van der Waals surface area contributed by atoms with Crippen molar-refractivity contribution in [3.63, 3.8) is 0 Å². The van der Waals surface area contributed by atoms with Crippen LogP contribution < -0.4 is 5.73 Å². The summed E-state index contributed by atoms with van der Waals surface area (Å²) in [5, 5.41) is 0. The lowest BCUT2D eigenvalue weighted by atomic mass is 9.85. The fourth-order valence-electron chi connectivity index (χ4n) is 2.42. The van der Waals surface area contributed by atoms with Gasteiger partial charge in [-0.15, -0.1) is 0 Å². The number of halogens is 3. The van der Waals surface area contributed by atoms with Gasteiger partial charge in [0.05, 0.1) is 12.2 Å². The van der Waals surface area contributed by atoms with Crippen LogP contribution in [0.15, 0.2) is 24.3 Å². The highest BCUT2D eigenvalue weighted by Crippen LogP contribution is 2.34. The smallest absolute Gasteiger partial charge is 0.381 e. The fourth-order valence-corrected chi connectivity index (χ4v) is 2.42. The van der Waals surface area contributed by atoms with Gasteiger partial charge in [-0.3, -0.25) is 0 Å². The Hall–Kier alpha value is -1.07. The summed E-state index contributed by atoms with van der Waals surface area (Å²) >= 11 is 0. The molecular weight excluding hydrogens is 243 g/mol. The molecule has 1 aromatic rings. The van der Waals surface area contributed by atoms with Gasteiger partial charge < -0.3 is 10.5 Å². The molecule has 0 aromatic heterocycles. The Balaban J connectivity index is 2.25. The number of benzene rings is 1. The maximum absolute atomic E-state index is 12.7. The van der Waals surface area contributed by atoms with Crippen LogP contribution in [0.3, 0.4) is 0 Å². The van der Waals surface area contributed by atoms with E-state index in [1.807, 2.05) is 0 Å². The minimum atomic E-state index is -4.30. The minimum Gasteiger partial charge on any atom is -0.381 e. The molecule has 0 radical (unpaired) electrons. The topological polar surface area (TPSA) is 35.2 Å². The predicted molar refractivity (Wildman–Crippen MR) is 62.2 cm³/mol. The van der Waals surface area contributed by atoms with E-state index < -0.39 is 11.7 Å². The average molecular weight is 259 g/mol. The van der Waals surface area contributed by atoms with Gasteiger partial charge in [0.2, 0.25) is 0 Å². The summed E-state index contributed by atoms with van der Waals surface area (Å²) in [5.41, 5.74) is 5.75. The zero-order valence-electron chi connectivity index (χ0n) is 9.91. The van der Waals surface area contributed by atoms with Crippen LogP contribution in [0.25, 0.3) is 0 Å².